The van der Waals surface area contributed by atoms with Crippen LogP contribution in [0.15, 0.2) is 36.9 Å². The number of methoxy groups -OCH3 is 1. The van der Waals surface area contributed by atoms with E-state index in [1.165, 1.54) is 0 Å². The number of nitrogens with zero attached hydrogens (tertiary/aromatic N) is 2. The number of thioether (sulfide) groups is 1. The van der Waals surface area contributed by atoms with Crippen LogP contribution in [-0.4, -0.2) is 76.7 Å². The van der Waals surface area contributed by atoms with Crippen LogP contribution in [-0.2, 0) is 19.1 Å². The molecule has 0 aromatic heterocycles. The van der Waals surface area contributed by atoms with Gasteiger partial charge in [0.05, 0.1) is 42.9 Å². The highest BCUT2D eigenvalue weighted by Gasteiger charge is 2.75. The van der Waals surface area contributed by atoms with E-state index in [9.17, 15) is 19.5 Å². The van der Waals surface area contributed by atoms with Crippen molar-refractivity contribution in [2.45, 2.75) is 62.1 Å². The summed E-state index contributed by atoms with van der Waals surface area (Å²) in [5.74, 6) is -1.41. The molecule has 3 aliphatic heterocycles. The number of aliphatic hydroxyl groups is 1. The molecule has 37 heavy (non-hydrogen) atoms. The Balaban J connectivity index is 1.82. The van der Waals surface area contributed by atoms with E-state index in [1.54, 1.807) is 53.8 Å². The Morgan fingerprint density at radius 1 is 1.32 bits per heavy atom. The van der Waals surface area contributed by atoms with Gasteiger partial charge in [0, 0.05) is 17.5 Å². The van der Waals surface area contributed by atoms with Gasteiger partial charge >= 0.3 is 5.97 Å². The minimum atomic E-state index is -0.812. The maximum atomic E-state index is 14.5. The van der Waals surface area contributed by atoms with E-state index in [2.05, 4.69) is 6.58 Å². The van der Waals surface area contributed by atoms with Crippen LogP contribution in [0.5, 0.6) is 5.75 Å². The molecular formula is C28H38N2O6S. The van der Waals surface area contributed by atoms with Gasteiger partial charge < -0.3 is 24.4 Å². The molecule has 2 bridgehead atoms. The highest BCUT2D eigenvalue weighted by Crippen LogP contribution is 2.67. The van der Waals surface area contributed by atoms with E-state index >= 15 is 0 Å². The summed E-state index contributed by atoms with van der Waals surface area (Å²) >= 11 is 1.60. The second-order valence-corrected chi connectivity index (χ2v) is 11.7. The average molecular weight is 531 g/mol. The first-order valence-corrected chi connectivity index (χ1v) is 14.0. The number of benzene rings is 1. The fraction of sp³-hybridized carbons (Fsp3) is 0.607. The normalized spacial score (nSPS) is 29.5. The summed E-state index contributed by atoms with van der Waals surface area (Å²) in [7, 11) is 1.58. The number of carbonyl (C=O) groups is 3. The maximum Gasteiger partial charge on any atom is 0.310 e. The van der Waals surface area contributed by atoms with E-state index in [0.717, 1.165) is 12.8 Å². The highest BCUT2D eigenvalue weighted by atomic mass is 32.2. The Kier molecular flexibility index (Phi) is 8.23. The Morgan fingerprint density at radius 2 is 2.03 bits per heavy atom. The van der Waals surface area contributed by atoms with Crippen LogP contribution < -0.4 is 9.64 Å². The van der Waals surface area contributed by atoms with E-state index in [-0.39, 0.29) is 48.7 Å². The van der Waals surface area contributed by atoms with Crippen molar-refractivity contribution in [2.24, 2.45) is 17.8 Å². The number of anilines is 1. The lowest BCUT2D eigenvalue weighted by Gasteiger charge is -2.41. The first-order valence-electron chi connectivity index (χ1n) is 13.1. The number of likely N-dealkylation sites (tertiary alicyclic amines) is 1. The zero-order valence-corrected chi connectivity index (χ0v) is 22.9. The Labute approximate surface area is 223 Å². The molecule has 3 fully saturated rings. The molecule has 4 rings (SSSR count). The Hall–Kier alpha value is -2.52. The standard InChI is InChI=1S/C28H38N2O6S/c1-6-15-29(18-9-11-19(35-5)12-10-18)26(33)24-28-14-13-21(37-28)22(27(34)36-8-3)23(28)25(32)30(24)20(16-31)17(4)7-2/h6,9-12,17,20-24,31H,1,7-8,13-16H2,2-5H3/t17-,20-,21+,22-,23-,24?,28?/m0/s1. The third kappa shape index (κ3) is 4.44. The van der Waals surface area contributed by atoms with Crippen LogP contribution in [0.25, 0.3) is 0 Å². The van der Waals surface area contributed by atoms with Gasteiger partial charge in [0.25, 0.3) is 5.91 Å². The molecule has 2 unspecified atom stereocenters. The smallest absolute Gasteiger partial charge is 0.310 e. The van der Waals surface area contributed by atoms with Crippen LogP contribution >= 0.6 is 11.8 Å². The number of fused-ring (bicyclic) bond motifs is 1. The SMILES string of the molecule is C=CCN(C(=O)C1N([C@@H](CO)[C@@H](C)CC)C(=O)[C@@H]2[C@@H](C(=O)OCC)[C@H]3CCC12S3)c1ccc(OC)cc1. The molecule has 3 aliphatic rings. The number of hydrogen-bond acceptors (Lipinski definition) is 7. The van der Waals surface area contributed by atoms with Crippen LogP contribution in [0.2, 0.25) is 0 Å². The van der Waals surface area contributed by atoms with Gasteiger partial charge in [-0.2, -0.15) is 0 Å². The van der Waals surface area contributed by atoms with Crippen molar-refractivity contribution in [3.63, 3.8) is 0 Å². The second kappa shape index (κ2) is 11.1. The van der Waals surface area contributed by atoms with Gasteiger partial charge in [0.15, 0.2) is 0 Å². The summed E-state index contributed by atoms with van der Waals surface area (Å²) in [5.41, 5.74) is 0.668. The van der Waals surface area contributed by atoms with E-state index < -0.39 is 28.7 Å². The molecule has 1 spiro atoms. The number of aliphatic hydroxyl groups excluding tert-OH is 1. The van der Waals surface area contributed by atoms with Gasteiger partial charge in [-0.25, -0.2) is 0 Å². The quantitative estimate of drug-likeness (QED) is 0.347. The number of ether oxygens (including phenoxy) is 2. The molecule has 0 radical (unpaired) electrons. The van der Waals surface area contributed by atoms with Gasteiger partial charge in [-0.3, -0.25) is 14.4 Å². The average Bonchev–Trinajstić information content (AvgIpc) is 3.55. The van der Waals surface area contributed by atoms with Crippen LogP contribution in [0.4, 0.5) is 5.69 Å². The van der Waals surface area contributed by atoms with Crippen LogP contribution in [0.3, 0.4) is 0 Å². The maximum absolute atomic E-state index is 14.5. The zero-order chi connectivity index (χ0) is 26.9. The molecule has 2 amide bonds. The van der Waals surface area contributed by atoms with Gasteiger partial charge in [0.2, 0.25) is 5.91 Å². The number of hydrogen-bond donors (Lipinski definition) is 1. The summed E-state index contributed by atoms with van der Waals surface area (Å²) in [6.45, 7) is 9.85. The molecule has 8 nitrogen and oxygen atoms in total. The van der Waals surface area contributed by atoms with E-state index in [4.69, 9.17) is 9.47 Å². The highest BCUT2D eigenvalue weighted by molar-refractivity contribution is 8.02. The third-order valence-electron chi connectivity index (χ3n) is 8.34. The topological polar surface area (TPSA) is 96.4 Å². The molecule has 1 N–H and O–H groups in total. The molecule has 3 saturated heterocycles. The molecule has 3 heterocycles. The van der Waals surface area contributed by atoms with Gasteiger partial charge in [0.1, 0.15) is 11.8 Å². The van der Waals surface area contributed by atoms with E-state index in [0.29, 0.717) is 17.9 Å². The summed E-state index contributed by atoms with van der Waals surface area (Å²) in [6.07, 6.45) is 3.80. The third-order valence-corrected chi connectivity index (χ3v) is 10.3. The van der Waals surface area contributed by atoms with Crippen molar-refractivity contribution in [2.75, 3.05) is 31.8 Å². The van der Waals surface area contributed by atoms with Crippen molar-refractivity contribution < 1.29 is 29.0 Å². The molecule has 9 heteroatoms. The first-order chi connectivity index (χ1) is 17.8. The number of amides is 2. The molecular weight excluding hydrogens is 492 g/mol. The predicted molar refractivity (Wildman–Crippen MR) is 143 cm³/mol. The second-order valence-electron chi connectivity index (χ2n) is 10.1. The van der Waals surface area contributed by atoms with Crippen molar-refractivity contribution in [3.8, 4) is 5.75 Å². The first kappa shape index (κ1) is 27.5. The lowest BCUT2D eigenvalue weighted by Crippen LogP contribution is -2.58. The number of rotatable bonds is 11. The zero-order valence-electron chi connectivity index (χ0n) is 22.1. The monoisotopic (exact) mass is 530 g/mol. The number of carbonyl (C=O) groups excluding carboxylic acids is 3. The lowest BCUT2D eigenvalue weighted by atomic mass is 9.71. The Morgan fingerprint density at radius 3 is 2.59 bits per heavy atom. The lowest BCUT2D eigenvalue weighted by molar-refractivity contribution is -0.154. The van der Waals surface area contributed by atoms with Crippen molar-refractivity contribution in [1.82, 2.24) is 4.90 Å². The van der Waals surface area contributed by atoms with E-state index in [1.807, 2.05) is 26.0 Å². The van der Waals surface area contributed by atoms with Gasteiger partial charge in [-0.05, 0) is 49.9 Å². The van der Waals surface area contributed by atoms with Crippen molar-refractivity contribution in [3.05, 3.63) is 36.9 Å². The molecule has 7 atom stereocenters. The van der Waals surface area contributed by atoms with Gasteiger partial charge in [-0.15, -0.1) is 18.3 Å². The summed E-state index contributed by atoms with van der Waals surface area (Å²) < 4.78 is 9.94. The van der Waals surface area contributed by atoms with Crippen LogP contribution in [0, 0.1) is 17.8 Å². The predicted octanol–water partition coefficient (Wildman–Crippen LogP) is 3.28. The molecule has 0 aliphatic carbocycles. The van der Waals surface area contributed by atoms with Crippen molar-refractivity contribution >= 4 is 35.2 Å². The minimum Gasteiger partial charge on any atom is -0.497 e. The summed E-state index contributed by atoms with van der Waals surface area (Å²) in [4.78, 5) is 45.1. The molecule has 0 saturated carbocycles. The summed E-state index contributed by atoms with van der Waals surface area (Å²) in [6, 6.07) is 5.87. The fourth-order valence-electron chi connectivity index (χ4n) is 6.41. The molecule has 1 aromatic rings. The van der Waals surface area contributed by atoms with Crippen LogP contribution in [0.1, 0.15) is 40.0 Å². The molecule has 202 valence electrons. The summed E-state index contributed by atoms with van der Waals surface area (Å²) in [5, 5.41) is 10.4. The van der Waals surface area contributed by atoms with Gasteiger partial charge in [-0.1, -0.05) is 26.3 Å². The van der Waals surface area contributed by atoms with Crippen molar-refractivity contribution in [1.29, 1.82) is 0 Å². The Bertz CT molecular complexity index is 1030. The fourth-order valence-corrected chi connectivity index (χ4v) is 8.60. The molecule has 1 aromatic carbocycles. The largest absolute Gasteiger partial charge is 0.497 e. The number of esters is 1. The minimum absolute atomic E-state index is 0.0310.